The normalized spacial score (nSPS) is 10.9. The van der Waals surface area contributed by atoms with Crippen LogP contribution in [0.2, 0.25) is 0 Å². The summed E-state index contributed by atoms with van der Waals surface area (Å²) in [5, 5.41) is 10.7. The first-order chi connectivity index (χ1) is 17.7. The Morgan fingerprint density at radius 1 is 0.919 bits per heavy atom. The monoisotopic (exact) mass is 559 g/mol. The van der Waals surface area contributed by atoms with E-state index in [1.54, 1.807) is 10.7 Å². The number of carbonyl (C=O) groups excluding carboxylic acids is 2. The molecule has 8 heteroatoms. The quantitative estimate of drug-likeness (QED) is 0.261. The molecule has 0 fully saturated rings. The number of nitrogens with one attached hydrogen (secondary N) is 2. The summed E-state index contributed by atoms with van der Waals surface area (Å²) >= 11 is 3.45. The molecule has 0 bridgehead atoms. The maximum Gasteiger partial charge on any atom is 0.322 e. The molecule has 1 aromatic heterocycles. The lowest BCUT2D eigenvalue weighted by Crippen LogP contribution is -2.44. The lowest BCUT2D eigenvalue weighted by atomic mass is 10.1. The van der Waals surface area contributed by atoms with Gasteiger partial charge in [-0.3, -0.25) is 4.79 Å². The van der Waals surface area contributed by atoms with Crippen LogP contribution in [-0.2, 0) is 4.79 Å². The number of nitrogens with zero attached hydrogens (tertiary/aromatic N) is 3. The van der Waals surface area contributed by atoms with Crippen LogP contribution in [0.25, 0.3) is 16.8 Å². The van der Waals surface area contributed by atoms with E-state index in [1.165, 1.54) is 4.90 Å². The van der Waals surface area contributed by atoms with E-state index < -0.39 is 0 Å². The number of urea groups is 1. The fourth-order valence-corrected chi connectivity index (χ4v) is 4.41. The Hall–Kier alpha value is -3.91. The van der Waals surface area contributed by atoms with Gasteiger partial charge in [0.25, 0.3) is 0 Å². The van der Waals surface area contributed by atoms with E-state index in [-0.39, 0.29) is 24.5 Å². The molecular formula is C29H30BrN5O2. The fraction of sp³-hybridized carbons (Fsp3) is 0.207. The predicted octanol–water partition coefficient (Wildman–Crippen LogP) is 6.80. The lowest BCUT2D eigenvalue weighted by molar-refractivity contribution is -0.117. The number of aromatic nitrogens is 2. The average Bonchev–Trinajstić information content (AvgIpc) is 3.20. The maximum absolute atomic E-state index is 13.4. The van der Waals surface area contributed by atoms with Gasteiger partial charge >= 0.3 is 6.03 Å². The highest BCUT2D eigenvalue weighted by Crippen LogP contribution is 2.33. The Balaban J connectivity index is 1.64. The fourth-order valence-electron chi connectivity index (χ4n) is 4.03. The molecule has 0 radical (unpaired) electrons. The smallest absolute Gasteiger partial charge is 0.313 e. The highest BCUT2D eigenvalue weighted by Gasteiger charge is 2.24. The molecule has 3 amide bonds. The first kappa shape index (κ1) is 26.2. The van der Waals surface area contributed by atoms with Crippen molar-refractivity contribution in [2.24, 2.45) is 0 Å². The van der Waals surface area contributed by atoms with E-state index in [4.69, 9.17) is 5.10 Å². The summed E-state index contributed by atoms with van der Waals surface area (Å²) < 4.78 is 2.51. The standard InChI is InChI=1S/C29H30BrN5O2/c1-19(2)34(29(37)31-25-13-9-8-12-24(25)30)18-26(36)32-28-27(22-10-6-5-7-11-22)21(4)33-35(28)23-16-14-20(3)15-17-23/h5-17,19H,18H2,1-4H3,(H,31,37)(H,32,36). The molecule has 1 heterocycles. The summed E-state index contributed by atoms with van der Waals surface area (Å²) in [6.07, 6.45) is 0. The highest BCUT2D eigenvalue weighted by molar-refractivity contribution is 9.10. The zero-order valence-electron chi connectivity index (χ0n) is 21.3. The molecule has 0 spiro atoms. The van der Waals surface area contributed by atoms with Gasteiger partial charge in [-0.1, -0.05) is 60.2 Å². The van der Waals surface area contributed by atoms with Gasteiger partial charge in [0.05, 0.1) is 17.1 Å². The van der Waals surface area contributed by atoms with Crippen LogP contribution < -0.4 is 10.6 Å². The van der Waals surface area contributed by atoms with Crippen LogP contribution in [0.4, 0.5) is 16.3 Å². The molecular weight excluding hydrogens is 530 g/mol. The van der Waals surface area contributed by atoms with E-state index in [1.807, 2.05) is 100 Å². The van der Waals surface area contributed by atoms with Crippen molar-refractivity contribution in [1.29, 1.82) is 0 Å². The number of benzene rings is 3. The first-order valence-electron chi connectivity index (χ1n) is 12.1. The number of hydrogen-bond donors (Lipinski definition) is 2. The van der Waals surface area contributed by atoms with Gasteiger partial charge in [0.15, 0.2) is 0 Å². The first-order valence-corrected chi connectivity index (χ1v) is 12.9. The van der Waals surface area contributed by atoms with Crippen LogP contribution in [0.3, 0.4) is 0 Å². The molecule has 0 atom stereocenters. The maximum atomic E-state index is 13.4. The molecule has 0 aliphatic rings. The summed E-state index contributed by atoms with van der Waals surface area (Å²) in [6.45, 7) is 7.58. The number of halogens is 1. The van der Waals surface area contributed by atoms with E-state index in [0.717, 1.165) is 32.5 Å². The summed E-state index contributed by atoms with van der Waals surface area (Å²) in [6, 6.07) is 24.6. The topological polar surface area (TPSA) is 79.3 Å². The van der Waals surface area contributed by atoms with E-state index in [2.05, 4.69) is 26.6 Å². The Labute approximate surface area is 225 Å². The second-order valence-corrected chi connectivity index (χ2v) is 9.96. The zero-order chi connectivity index (χ0) is 26.5. The van der Waals surface area contributed by atoms with E-state index in [0.29, 0.717) is 11.5 Å². The Kier molecular flexibility index (Phi) is 8.08. The third-order valence-electron chi connectivity index (χ3n) is 5.97. The molecule has 0 aliphatic heterocycles. The summed E-state index contributed by atoms with van der Waals surface area (Å²) in [7, 11) is 0. The lowest BCUT2D eigenvalue weighted by Gasteiger charge is -2.26. The number of hydrogen-bond acceptors (Lipinski definition) is 3. The van der Waals surface area contributed by atoms with Gasteiger partial charge in [-0.2, -0.15) is 5.10 Å². The Bertz CT molecular complexity index is 1400. The Morgan fingerprint density at radius 2 is 1.57 bits per heavy atom. The van der Waals surface area contributed by atoms with Crippen LogP contribution in [0, 0.1) is 13.8 Å². The van der Waals surface area contributed by atoms with Crippen molar-refractivity contribution >= 4 is 39.4 Å². The molecule has 190 valence electrons. The van der Waals surface area contributed by atoms with Crippen LogP contribution in [0.1, 0.15) is 25.1 Å². The average molecular weight is 560 g/mol. The van der Waals surface area contributed by atoms with Gasteiger partial charge in [0, 0.05) is 16.1 Å². The van der Waals surface area contributed by atoms with Crippen LogP contribution in [0.15, 0.2) is 83.3 Å². The summed E-state index contributed by atoms with van der Waals surface area (Å²) in [5.41, 5.74) is 5.17. The van der Waals surface area contributed by atoms with Gasteiger partial charge < -0.3 is 15.5 Å². The number of rotatable bonds is 7. The minimum Gasteiger partial charge on any atom is -0.313 e. The largest absolute Gasteiger partial charge is 0.322 e. The molecule has 2 N–H and O–H groups in total. The minimum absolute atomic E-state index is 0.125. The van der Waals surface area contributed by atoms with Gasteiger partial charge in [-0.25, -0.2) is 9.48 Å². The zero-order valence-corrected chi connectivity index (χ0v) is 22.9. The Morgan fingerprint density at radius 3 is 2.22 bits per heavy atom. The van der Waals surface area contributed by atoms with Crippen LogP contribution >= 0.6 is 15.9 Å². The van der Waals surface area contributed by atoms with Gasteiger partial charge in [0.2, 0.25) is 5.91 Å². The van der Waals surface area contributed by atoms with Gasteiger partial charge in [-0.05, 0) is 73.5 Å². The van der Waals surface area contributed by atoms with Crippen LogP contribution in [-0.4, -0.2) is 39.2 Å². The molecule has 0 aliphatic carbocycles. The van der Waals surface area contributed by atoms with E-state index >= 15 is 0 Å². The van der Waals surface area contributed by atoms with Crippen molar-refractivity contribution in [3.05, 3.63) is 94.6 Å². The molecule has 3 aromatic carbocycles. The van der Waals surface area contributed by atoms with Gasteiger partial charge in [0.1, 0.15) is 12.4 Å². The SMILES string of the molecule is Cc1ccc(-n2nc(C)c(-c3ccccc3)c2NC(=O)CN(C(=O)Nc2ccccc2Br)C(C)C)cc1. The molecule has 4 aromatic rings. The van der Waals surface area contributed by atoms with Crippen molar-refractivity contribution in [3.8, 4) is 16.8 Å². The minimum atomic E-state index is -0.358. The van der Waals surface area contributed by atoms with Crippen molar-refractivity contribution in [1.82, 2.24) is 14.7 Å². The molecule has 4 rings (SSSR count). The van der Waals surface area contributed by atoms with Gasteiger partial charge in [-0.15, -0.1) is 0 Å². The third-order valence-corrected chi connectivity index (χ3v) is 6.66. The van der Waals surface area contributed by atoms with E-state index in [9.17, 15) is 9.59 Å². The number of carbonyl (C=O) groups is 2. The van der Waals surface area contributed by atoms with Crippen molar-refractivity contribution in [2.75, 3.05) is 17.2 Å². The third kappa shape index (κ3) is 6.09. The second-order valence-electron chi connectivity index (χ2n) is 9.10. The van der Waals surface area contributed by atoms with Crippen molar-refractivity contribution in [3.63, 3.8) is 0 Å². The molecule has 0 saturated carbocycles. The molecule has 7 nitrogen and oxygen atoms in total. The summed E-state index contributed by atoms with van der Waals surface area (Å²) in [4.78, 5) is 28.0. The van der Waals surface area contributed by atoms with Crippen LogP contribution in [0.5, 0.6) is 0 Å². The number of anilines is 2. The second kappa shape index (κ2) is 11.4. The molecule has 37 heavy (non-hydrogen) atoms. The molecule has 0 unspecified atom stereocenters. The number of para-hydroxylation sites is 1. The number of aryl methyl sites for hydroxylation is 2. The summed E-state index contributed by atoms with van der Waals surface area (Å²) in [5.74, 6) is 0.244. The number of amides is 3. The van der Waals surface area contributed by atoms with Crippen molar-refractivity contribution < 1.29 is 9.59 Å². The molecule has 0 saturated heterocycles. The van der Waals surface area contributed by atoms with Crippen molar-refractivity contribution in [2.45, 2.75) is 33.7 Å². The highest BCUT2D eigenvalue weighted by atomic mass is 79.9. The predicted molar refractivity (Wildman–Crippen MR) is 152 cm³/mol.